The van der Waals surface area contributed by atoms with Crippen molar-refractivity contribution in [2.24, 2.45) is 0 Å². The number of carbonyl (C=O) groups excluding carboxylic acids is 3. The third kappa shape index (κ3) is 5.39. The Labute approximate surface area is 207 Å². The fourth-order valence-corrected chi connectivity index (χ4v) is 4.56. The monoisotopic (exact) mass is 550 g/mol. The lowest BCUT2D eigenvalue weighted by Crippen LogP contribution is -2.42. The second-order valence-corrected chi connectivity index (χ2v) is 8.84. The number of methoxy groups -OCH3 is 2. The number of rotatable bonds is 8. The molecule has 1 aliphatic heterocycles. The Morgan fingerprint density at radius 1 is 1.24 bits per heavy atom. The zero-order valence-electron chi connectivity index (χ0n) is 18.3. The molecular weight excluding hydrogens is 532 g/mol. The van der Waals surface area contributed by atoms with Crippen molar-refractivity contribution in [2.75, 3.05) is 14.2 Å². The molecule has 2 aromatic carbocycles. The third-order valence-corrected chi connectivity index (χ3v) is 6.31. The molecule has 0 aromatic heterocycles. The number of thioether (sulfide) groups is 1. The molecule has 2 amide bonds. The molecule has 3 rings (SSSR count). The molecule has 1 heterocycles. The van der Waals surface area contributed by atoms with E-state index in [4.69, 9.17) is 9.47 Å². The molecule has 0 radical (unpaired) electrons. The number of nitro benzene ring substituents is 1. The van der Waals surface area contributed by atoms with Crippen molar-refractivity contribution in [3.05, 3.63) is 67.0 Å². The van der Waals surface area contributed by atoms with Crippen LogP contribution in [0.2, 0.25) is 0 Å². The van der Waals surface area contributed by atoms with Gasteiger partial charge in [-0.2, -0.15) is 0 Å². The predicted molar refractivity (Wildman–Crippen MR) is 127 cm³/mol. The van der Waals surface area contributed by atoms with Gasteiger partial charge in [0.2, 0.25) is 0 Å². The Morgan fingerprint density at radius 3 is 2.50 bits per heavy atom. The zero-order chi connectivity index (χ0) is 25.0. The average Bonchev–Trinajstić information content (AvgIpc) is 3.09. The highest BCUT2D eigenvalue weighted by Crippen LogP contribution is 2.40. The van der Waals surface area contributed by atoms with E-state index in [1.54, 1.807) is 24.3 Å². The standard InChI is InChI=1S/C22H19BrN2O8S/c1-12(21(27)32-3)24-20(26)18(34-22(24)28)10-14-8-16(23)19(17(9-14)31-2)33-11-13-4-6-15(7-5-13)25(29)30/h4-10,12H,11H2,1-3H3/b18-10+/t12-/m0/s1. The maximum Gasteiger partial charge on any atom is 0.328 e. The van der Waals surface area contributed by atoms with Crippen molar-refractivity contribution in [2.45, 2.75) is 19.6 Å². The maximum absolute atomic E-state index is 12.7. The van der Waals surface area contributed by atoms with E-state index in [2.05, 4.69) is 20.7 Å². The number of benzene rings is 2. The molecule has 0 N–H and O–H groups in total. The summed E-state index contributed by atoms with van der Waals surface area (Å²) in [5.41, 5.74) is 1.26. The number of carbonyl (C=O) groups is 3. The SMILES string of the molecule is COC(=O)[C@H](C)N1C(=O)S/C(=C/c2cc(Br)c(OCc3ccc([N+](=O)[O-])cc3)c(OC)c2)C1=O. The van der Waals surface area contributed by atoms with E-state index in [0.29, 0.717) is 21.5 Å². The van der Waals surface area contributed by atoms with E-state index >= 15 is 0 Å². The van der Waals surface area contributed by atoms with E-state index in [9.17, 15) is 24.5 Å². The molecule has 0 bridgehead atoms. The number of non-ortho nitro benzene ring substituents is 1. The molecule has 34 heavy (non-hydrogen) atoms. The fraction of sp³-hybridized carbons (Fsp3) is 0.227. The summed E-state index contributed by atoms with van der Waals surface area (Å²) in [4.78, 5) is 48.1. The van der Waals surface area contributed by atoms with Gasteiger partial charge in [0.1, 0.15) is 12.6 Å². The van der Waals surface area contributed by atoms with Gasteiger partial charge in [0.25, 0.3) is 16.8 Å². The Hall–Kier alpha value is -3.38. The van der Waals surface area contributed by atoms with Crippen LogP contribution in [0.4, 0.5) is 10.5 Å². The normalized spacial score (nSPS) is 15.4. The molecule has 178 valence electrons. The van der Waals surface area contributed by atoms with Crippen LogP contribution in [0.1, 0.15) is 18.1 Å². The smallest absolute Gasteiger partial charge is 0.328 e. The van der Waals surface area contributed by atoms with Crippen molar-refractivity contribution < 1.29 is 33.5 Å². The van der Waals surface area contributed by atoms with Gasteiger partial charge in [-0.05, 0) is 76.1 Å². The van der Waals surface area contributed by atoms with Crippen LogP contribution in [0.5, 0.6) is 11.5 Å². The second kappa shape index (κ2) is 10.7. The van der Waals surface area contributed by atoms with Gasteiger partial charge in [-0.15, -0.1) is 0 Å². The molecular formula is C22H19BrN2O8S. The number of ether oxygens (including phenoxy) is 3. The van der Waals surface area contributed by atoms with Crippen LogP contribution in [0.25, 0.3) is 6.08 Å². The summed E-state index contributed by atoms with van der Waals surface area (Å²) in [5, 5.41) is 10.2. The predicted octanol–water partition coefficient (Wildman–Crippen LogP) is 4.54. The summed E-state index contributed by atoms with van der Waals surface area (Å²) < 4.78 is 16.4. The van der Waals surface area contributed by atoms with E-state index in [-0.39, 0.29) is 17.2 Å². The first kappa shape index (κ1) is 25.2. The van der Waals surface area contributed by atoms with E-state index < -0.39 is 28.1 Å². The third-order valence-electron chi connectivity index (χ3n) is 4.83. The highest BCUT2D eigenvalue weighted by atomic mass is 79.9. The fourth-order valence-electron chi connectivity index (χ4n) is 3.07. The number of amides is 2. The van der Waals surface area contributed by atoms with Crippen LogP contribution in [0.3, 0.4) is 0 Å². The lowest BCUT2D eigenvalue weighted by Gasteiger charge is -2.18. The number of hydrogen-bond donors (Lipinski definition) is 0. The molecule has 1 saturated heterocycles. The number of halogens is 1. The maximum atomic E-state index is 12.7. The summed E-state index contributed by atoms with van der Waals surface area (Å²) >= 11 is 4.15. The van der Waals surface area contributed by atoms with Gasteiger partial charge in [-0.1, -0.05) is 0 Å². The number of imide groups is 1. The summed E-state index contributed by atoms with van der Waals surface area (Å²) in [5.74, 6) is -0.529. The van der Waals surface area contributed by atoms with Crippen LogP contribution >= 0.6 is 27.7 Å². The van der Waals surface area contributed by atoms with E-state index in [1.165, 1.54) is 39.4 Å². The Morgan fingerprint density at radius 2 is 1.91 bits per heavy atom. The highest BCUT2D eigenvalue weighted by Gasteiger charge is 2.41. The first-order chi connectivity index (χ1) is 16.2. The van der Waals surface area contributed by atoms with Crippen LogP contribution in [-0.2, 0) is 20.9 Å². The van der Waals surface area contributed by atoms with Crippen LogP contribution in [-0.4, -0.2) is 47.2 Å². The number of nitro groups is 1. The van der Waals surface area contributed by atoms with Gasteiger partial charge in [0.05, 0.1) is 28.5 Å². The second-order valence-electron chi connectivity index (χ2n) is 7.00. The van der Waals surface area contributed by atoms with Crippen molar-refractivity contribution in [1.82, 2.24) is 4.90 Å². The largest absolute Gasteiger partial charge is 0.493 e. The molecule has 2 aromatic rings. The highest BCUT2D eigenvalue weighted by molar-refractivity contribution is 9.10. The number of hydrogen-bond acceptors (Lipinski definition) is 9. The van der Waals surface area contributed by atoms with Gasteiger partial charge < -0.3 is 14.2 Å². The van der Waals surface area contributed by atoms with E-state index in [0.717, 1.165) is 22.2 Å². The Kier molecular flexibility index (Phi) is 7.94. The molecule has 1 fully saturated rings. The first-order valence-electron chi connectivity index (χ1n) is 9.74. The molecule has 0 saturated carbocycles. The number of esters is 1. The van der Waals surface area contributed by atoms with Crippen molar-refractivity contribution in [1.29, 1.82) is 0 Å². The van der Waals surface area contributed by atoms with Gasteiger partial charge >= 0.3 is 5.97 Å². The zero-order valence-corrected chi connectivity index (χ0v) is 20.7. The van der Waals surface area contributed by atoms with Gasteiger partial charge in [0.15, 0.2) is 11.5 Å². The van der Waals surface area contributed by atoms with Crippen molar-refractivity contribution >= 4 is 56.6 Å². The van der Waals surface area contributed by atoms with Crippen molar-refractivity contribution in [3.8, 4) is 11.5 Å². The van der Waals surface area contributed by atoms with Crippen LogP contribution < -0.4 is 9.47 Å². The van der Waals surface area contributed by atoms with Crippen LogP contribution in [0, 0.1) is 10.1 Å². The minimum Gasteiger partial charge on any atom is -0.493 e. The van der Waals surface area contributed by atoms with Crippen molar-refractivity contribution in [3.63, 3.8) is 0 Å². The molecule has 10 nitrogen and oxygen atoms in total. The minimum absolute atomic E-state index is 0.0164. The quantitative estimate of drug-likeness (QED) is 0.201. The molecule has 12 heteroatoms. The topological polar surface area (TPSA) is 125 Å². The van der Waals surface area contributed by atoms with E-state index in [1.807, 2.05) is 0 Å². The summed E-state index contributed by atoms with van der Waals surface area (Å²) in [6.45, 7) is 1.55. The summed E-state index contributed by atoms with van der Waals surface area (Å²) in [7, 11) is 2.64. The first-order valence-corrected chi connectivity index (χ1v) is 11.4. The molecule has 1 aliphatic rings. The van der Waals surface area contributed by atoms with Gasteiger partial charge in [-0.25, -0.2) is 4.79 Å². The molecule has 0 unspecified atom stereocenters. The Balaban J connectivity index is 1.81. The summed E-state index contributed by atoms with van der Waals surface area (Å²) in [6, 6.07) is 8.25. The molecule has 0 aliphatic carbocycles. The lowest BCUT2D eigenvalue weighted by molar-refractivity contribution is -0.384. The van der Waals surface area contributed by atoms with Gasteiger partial charge in [0, 0.05) is 12.1 Å². The summed E-state index contributed by atoms with van der Waals surface area (Å²) in [6.07, 6.45) is 1.52. The molecule has 1 atom stereocenters. The lowest BCUT2D eigenvalue weighted by atomic mass is 10.1. The number of nitrogens with zero attached hydrogens (tertiary/aromatic N) is 2. The van der Waals surface area contributed by atoms with Gasteiger partial charge in [-0.3, -0.25) is 24.6 Å². The minimum atomic E-state index is -1.04. The Bertz CT molecular complexity index is 1180. The average molecular weight is 551 g/mol. The molecule has 0 spiro atoms. The van der Waals surface area contributed by atoms with Crippen LogP contribution in [0.15, 0.2) is 45.8 Å².